The molecule has 1 aromatic heterocycles. The molecular weight excluding hydrogens is 426 g/mol. The number of carbonyl (C=O) groups is 1. The van der Waals surface area contributed by atoms with Gasteiger partial charge in [0.15, 0.2) is 5.69 Å². The van der Waals surface area contributed by atoms with Crippen molar-refractivity contribution in [3.63, 3.8) is 0 Å². The average Bonchev–Trinajstić information content (AvgIpc) is 3.19. The van der Waals surface area contributed by atoms with E-state index in [9.17, 15) is 4.79 Å². The quantitative estimate of drug-likeness (QED) is 0.562. The molecule has 2 fully saturated rings. The first kappa shape index (κ1) is 24.3. The van der Waals surface area contributed by atoms with Crippen LogP contribution in [0.25, 0.3) is 4.85 Å². The van der Waals surface area contributed by atoms with Crippen LogP contribution in [0.15, 0.2) is 36.8 Å². The molecule has 4 rings (SSSR count). The fourth-order valence-corrected chi connectivity index (χ4v) is 5.86. The number of hydrogen-bond donors (Lipinski definition) is 0. The second kappa shape index (κ2) is 9.79. The Morgan fingerprint density at radius 3 is 2.32 bits per heavy atom. The van der Waals surface area contributed by atoms with Gasteiger partial charge in [-0.05, 0) is 35.7 Å². The number of piperazine rings is 1. The molecule has 1 saturated carbocycles. The molecule has 0 spiro atoms. The van der Waals surface area contributed by atoms with Crippen LogP contribution in [0.5, 0.6) is 0 Å². The number of nitrogens with zero attached hydrogens (tertiary/aromatic N) is 5. The third kappa shape index (κ3) is 6.18. The van der Waals surface area contributed by atoms with Crippen molar-refractivity contribution < 1.29 is 9.53 Å². The summed E-state index contributed by atoms with van der Waals surface area (Å²) in [5.74, 6) is 0. The average molecular weight is 464 g/mol. The van der Waals surface area contributed by atoms with Crippen LogP contribution in [-0.4, -0.2) is 57.7 Å². The highest BCUT2D eigenvalue weighted by atomic mass is 16.6. The molecular formula is C27H37N5O2. The van der Waals surface area contributed by atoms with Gasteiger partial charge < -0.3 is 14.2 Å². The Morgan fingerprint density at radius 1 is 1.06 bits per heavy atom. The van der Waals surface area contributed by atoms with E-state index in [1.54, 1.807) is 0 Å². The predicted molar refractivity (Wildman–Crippen MR) is 133 cm³/mol. The van der Waals surface area contributed by atoms with Crippen molar-refractivity contribution in [3.05, 3.63) is 59.5 Å². The summed E-state index contributed by atoms with van der Waals surface area (Å²) in [6, 6.07) is 7.70. The molecule has 0 bridgehead atoms. The maximum atomic E-state index is 12.9. The third-order valence-corrected chi connectivity index (χ3v) is 7.02. The van der Waals surface area contributed by atoms with Crippen LogP contribution in [-0.2, 0) is 17.8 Å². The molecule has 0 unspecified atom stereocenters. The van der Waals surface area contributed by atoms with Crippen molar-refractivity contribution >= 4 is 11.8 Å². The number of rotatable bonds is 5. The monoisotopic (exact) mass is 463 g/mol. The minimum atomic E-state index is -0.161. The second-order valence-corrected chi connectivity index (χ2v) is 11.5. The van der Waals surface area contributed by atoms with Gasteiger partial charge in [0.2, 0.25) is 0 Å². The lowest BCUT2D eigenvalue weighted by atomic mass is 9.64. The van der Waals surface area contributed by atoms with Crippen molar-refractivity contribution in [1.82, 2.24) is 19.4 Å². The Bertz CT molecular complexity index is 1010. The Balaban J connectivity index is 1.27. The van der Waals surface area contributed by atoms with Gasteiger partial charge in [0.25, 0.3) is 0 Å². The lowest BCUT2D eigenvalue weighted by Gasteiger charge is -2.45. The normalized spacial score (nSPS) is 20.6. The van der Waals surface area contributed by atoms with Crippen molar-refractivity contribution in [1.29, 1.82) is 0 Å². The highest BCUT2D eigenvalue weighted by molar-refractivity contribution is 5.68. The topological polar surface area (TPSA) is 55.0 Å². The first-order valence-corrected chi connectivity index (χ1v) is 12.3. The summed E-state index contributed by atoms with van der Waals surface area (Å²) in [4.78, 5) is 24.9. The maximum Gasteiger partial charge on any atom is 0.410 e. The Morgan fingerprint density at radius 2 is 1.71 bits per heavy atom. The summed E-state index contributed by atoms with van der Waals surface area (Å²) in [6.45, 7) is 20.8. The van der Waals surface area contributed by atoms with Crippen molar-refractivity contribution in [2.24, 2.45) is 10.8 Å². The van der Waals surface area contributed by atoms with Crippen LogP contribution in [0.1, 0.15) is 58.2 Å². The van der Waals surface area contributed by atoms with E-state index in [4.69, 9.17) is 11.3 Å². The highest BCUT2D eigenvalue weighted by Gasteiger charge is 2.40. The van der Waals surface area contributed by atoms with E-state index in [0.717, 1.165) is 56.7 Å². The second-order valence-electron chi connectivity index (χ2n) is 11.5. The molecule has 1 saturated heterocycles. The predicted octanol–water partition coefficient (Wildman–Crippen LogP) is 5.34. The molecule has 7 heteroatoms. The molecule has 0 N–H and O–H groups in total. The van der Waals surface area contributed by atoms with Gasteiger partial charge in [-0.2, -0.15) is 0 Å². The van der Waals surface area contributed by atoms with Crippen LogP contribution in [0.3, 0.4) is 0 Å². The standard InChI is InChI=1S/C27H37N5O2/c1-26(2)14-24(15-27(3,4)19-26)34-25(33)31-12-10-30(11-13-31)18-23-16-29-20-32(23)17-21-6-8-22(28-5)9-7-21/h6-9,16,20,24H,10-15,17-19H2,1-4H3. The lowest BCUT2D eigenvalue weighted by Crippen LogP contribution is -2.50. The third-order valence-electron chi connectivity index (χ3n) is 7.02. The number of aromatic nitrogens is 2. The van der Waals surface area contributed by atoms with E-state index in [0.29, 0.717) is 18.8 Å². The minimum absolute atomic E-state index is 0.00230. The zero-order valence-corrected chi connectivity index (χ0v) is 21.0. The smallest absolute Gasteiger partial charge is 0.410 e. The van der Waals surface area contributed by atoms with Crippen LogP contribution in [0.4, 0.5) is 10.5 Å². The highest BCUT2D eigenvalue weighted by Crippen LogP contribution is 2.46. The van der Waals surface area contributed by atoms with Crippen LogP contribution < -0.4 is 0 Å². The summed E-state index contributed by atoms with van der Waals surface area (Å²) >= 11 is 0. The molecule has 0 atom stereocenters. The van der Waals surface area contributed by atoms with Crippen LogP contribution in [0.2, 0.25) is 0 Å². The summed E-state index contributed by atoms with van der Waals surface area (Å²) in [5, 5.41) is 0. The zero-order valence-electron chi connectivity index (χ0n) is 21.0. The van der Waals surface area contributed by atoms with Gasteiger partial charge in [-0.1, -0.05) is 52.0 Å². The molecule has 0 radical (unpaired) electrons. The SMILES string of the molecule is [C-]#[N+]c1ccc(Cn2cncc2CN2CCN(C(=O)OC3CC(C)(C)CC(C)(C)C3)CC2)cc1. The molecule has 182 valence electrons. The van der Waals surface area contributed by atoms with Gasteiger partial charge in [-0.25, -0.2) is 14.6 Å². The summed E-state index contributed by atoms with van der Waals surface area (Å²) < 4.78 is 8.13. The van der Waals surface area contributed by atoms with E-state index in [-0.39, 0.29) is 23.0 Å². The molecule has 1 aromatic carbocycles. The van der Waals surface area contributed by atoms with Gasteiger partial charge in [-0.3, -0.25) is 4.90 Å². The Labute approximate surface area is 203 Å². The molecule has 2 heterocycles. The fourth-order valence-electron chi connectivity index (χ4n) is 5.86. The number of imidazole rings is 1. The number of carbonyl (C=O) groups excluding carboxylic acids is 1. The van der Waals surface area contributed by atoms with Gasteiger partial charge in [0.05, 0.1) is 18.6 Å². The first-order chi connectivity index (χ1) is 16.1. The zero-order chi connectivity index (χ0) is 24.3. The van der Waals surface area contributed by atoms with Crippen molar-refractivity contribution in [3.8, 4) is 0 Å². The maximum absolute atomic E-state index is 12.9. The molecule has 7 nitrogen and oxygen atoms in total. The van der Waals surface area contributed by atoms with Gasteiger partial charge >= 0.3 is 6.09 Å². The van der Waals surface area contributed by atoms with E-state index < -0.39 is 0 Å². The summed E-state index contributed by atoms with van der Waals surface area (Å²) in [7, 11) is 0. The van der Waals surface area contributed by atoms with E-state index in [2.05, 4.69) is 47.0 Å². The molecule has 2 aliphatic rings. The largest absolute Gasteiger partial charge is 0.446 e. The number of amides is 1. The van der Waals surface area contributed by atoms with Gasteiger partial charge in [0.1, 0.15) is 6.10 Å². The van der Waals surface area contributed by atoms with E-state index in [1.807, 2.05) is 41.7 Å². The summed E-state index contributed by atoms with van der Waals surface area (Å²) in [5.41, 5.74) is 3.35. The Hall–Kier alpha value is -2.85. The number of hydrogen-bond acceptors (Lipinski definition) is 4. The summed E-state index contributed by atoms with van der Waals surface area (Å²) in [6.07, 6.45) is 6.66. The molecule has 1 aliphatic heterocycles. The van der Waals surface area contributed by atoms with Crippen molar-refractivity contribution in [2.75, 3.05) is 26.2 Å². The fraction of sp³-hybridized carbons (Fsp3) is 0.593. The van der Waals surface area contributed by atoms with E-state index in [1.165, 1.54) is 0 Å². The molecule has 1 amide bonds. The van der Waals surface area contributed by atoms with Gasteiger partial charge in [-0.15, -0.1) is 0 Å². The van der Waals surface area contributed by atoms with Crippen molar-refractivity contribution in [2.45, 2.75) is 66.2 Å². The van der Waals surface area contributed by atoms with Crippen LogP contribution in [0, 0.1) is 17.4 Å². The molecule has 1 aliphatic carbocycles. The van der Waals surface area contributed by atoms with E-state index >= 15 is 0 Å². The van der Waals surface area contributed by atoms with Gasteiger partial charge in [0, 0.05) is 45.5 Å². The number of ether oxygens (including phenoxy) is 1. The van der Waals surface area contributed by atoms with Crippen LogP contribution >= 0.6 is 0 Å². The Kier molecular flexibility index (Phi) is 6.99. The molecule has 34 heavy (non-hydrogen) atoms. The molecule has 2 aromatic rings. The minimum Gasteiger partial charge on any atom is -0.446 e. The lowest BCUT2D eigenvalue weighted by molar-refractivity contribution is -0.0284. The first-order valence-electron chi connectivity index (χ1n) is 12.3. The number of benzene rings is 1.